The molecule has 1 aliphatic heterocycles. The third-order valence-electron chi connectivity index (χ3n) is 6.30. The molecule has 0 radical (unpaired) electrons. The lowest BCUT2D eigenvalue weighted by molar-refractivity contribution is -0.123. The molecular weight excluding hydrogens is 448 g/mol. The van der Waals surface area contributed by atoms with Gasteiger partial charge >= 0.3 is 0 Å². The summed E-state index contributed by atoms with van der Waals surface area (Å²) in [5.74, 6) is 1.24. The van der Waals surface area contributed by atoms with Gasteiger partial charge in [0.2, 0.25) is 12.7 Å². The van der Waals surface area contributed by atoms with Crippen molar-refractivity contribution in [3.8, 4) is 17.2 Å². The van der Waals surface area contributed by atoms with E-state index < -0.39 is 11.9 Å². The van der Waals surface area contributed by atoms with Gasteiger partial charge in [0.1, 0.15) is 11.8 Å². The van der Waals surface area contributed by atoms with Crippen LogP contribution < -0.4 is 24.4 Å². The second-order valence-corrected chi connectivity index (χ2v) is 8.58. The van der Waals surface area contributed by atoms with Gasteiger partial charge in [-0.25, -0.2) is 0 Å². The van der Waals surface area contributed by atoms with E-state index in [-0.39, 0.29) is 24.5 Å². The van der Waals surface area contributed by atoms with Gasteiger partial charge in [0, 0.05) is 17.8 Å². The van der Waals surface area contributed by atoms with Crippen molar-refractivity contribution >= 4 is 17.5 Å². The predicted molar refractivity (Wildman–Crippen MR) is 129 cm³/mol. The number of carbonyl (C=O) groups excluding carboxylic acids is 2. The van der Waals surface area contributed by atoms with E-state index in [0.29, 0.717) is 35.1 Å². The Morgan fingerprint density at radius 1 is 1.06 bits per heavy atom. The highest BCUT2D eigenvalue weighted by molar-refractivity contribution is 6.08. The van der Waals surface area contributed by atoms with Gasteiger partial charge in [-0.3, -0.25) is 14.5 Å². The van der Waals surface area contributed by atoms with E-state index in [9.17, 15) is 9.59 Å². The van der Waals surface area contributed by atoms with Crippen molar-refractivity contribution in [2.24, 2.45) is 0 Å². The van der Waals surface area contributed by atoms with Gasteiger partial charge in [0.15, 0.2) is 17.3 Å². The number of anilines is 1. The second kappa shape index (κ2) is 10.1. The second-order valence-electron chi connectivity index (χ2n) is 8.58. The molecule has 2 aliphatic rings. The van der Waals surface area contributed by atoms with Crippen LogP contribution in [0, 0.1) is 0 Å². The lowest BCUT2D eigenvalue weighted by Gasteiger charge is -2.32. The van der Waals surface area contributed by atoms with Crippen LogP contribution in [0.4, 0.5) is 5.69 Å². The molecule has 3 aromatic rings. The van der Waals surface area contributed by atoms with E-state index in [2.05, 4.69) is 5.32 Å². The summed E-state index contributed by atoms with van der Waals surface area (Å²) in [4.78, 5) is 29.1. The fourth-order valence-corrected chi connectivity index (χ4v) is 4.62. The SMILES string of the molecule is CCOc1ccc([C@@H](C(=O)NC2CCCC2)N(C(=O)c2ccco2)c2ccc3c(c2)OCO3)cc1. The zero-order valence-electron chi connectivity index (χ0n) is 19.6. The smallest absolute Gasteiger partial charge is 0.294 e. The number of hydrogen-bond acceptors (Lipinski definition) is 6. The summed E-state index contributed by atoms with van der Waals surface area (Å²) in [6.45, 7) is 2.55. The molecule has 2 heterocycles. The molecule has 0 spiro atoms. The van der Waals surface area contributed by atoms with Gasteiger partial charge < -0.3 is 23.9 Å². The summed E-state index contributed by atoms with van der Waals surface area (Å²) in [7, 11) is 0. The largest absolute Gasteiger partial charge is 0.494 e. The van der Waals surface area contributed by atoms with Crippen LogP contribution in [0.2, 0.25) is 0 Å². The van der Waals surface area contributed by atoms with E-state index in [4.69, 9.17) is 18.6 Å². The van der Waals surface area contributed by atoms with Crippen LogP contribution >= 0.6 is 0 Å². The molecule has 1 saturated carbocycles. The molecule has 0 bridgehead atoms. The van der Waals surface area contributed by atoms with E-state index in [1.807, 2.05) is 31.2 Å². The summed E-state index contributed by atoms with van der Waals surface area (Å²) in [6, 6.07) is 14.8. The van der Waals surface area contributed by atoms with Crippen molar-refractivity contribution in [2.45, 2.75) is 44.7 Å². The maximum absolute atomic E-state index is 13.8. The number of nitrogens with one attached hydrogen (secondary N) is 1. The number of fused-ring (bicyclic) bond motifs is 1. The van der Waals surface area contributed by atoms with Gasteiger partial charge in [-0.2, -0.15) is 0 Å². The molecular formula is C27H28N2O6. The minimum absolute atomic E-state index is 0.0880. The molecule has 8 nitrogen and oxygen atoms in total. The number of amides is 2. The maximum atomic E-state index is 13.8. The molecule has 0 unspecified atom stereocenters. The normalized spacial score (nSPS) is 15.6. The van der Waals surface area contributed by atoms with Gasteiger partial charge in [0.05, 0.1) is 12.9 Å². The number of rotatable bonds is 8. The topological polar surface area (TPSA) is 90.2 Å². The third kappa shape index (κ3) is 4.82. The lowest BCUT2D eigenvalue weighted by Crippen LogP contribution is -2.46. The fraction of sp³-hybridized carbons (Fsp3) is 0.333. The van der Waals surface area contributed by atoms with Gasteiger partial charge in [-0.05, 0) is 61.7 Å². The Kier molecular flexibility index (Phi) is 6.61. The van der Waals surface area contributed by atoms with E-state index in [0.717, 1.165) is 25.7 Å². The minimum Gasteiger partial charge on any atom is -0.494 e. The number of ether oxygens (including phenoxy) is 3. The standard InChI is InChI=1S/C27H28N2O6/c1-2-32-21-12-9-18(10-13-21)25(26(30)28-19-6-3-4-7-19)29(27(31)23-8-5-15-33-23)20-11-14-22-24(16-20)35-17-34-22/h5,8-16,19,25H,2-4,6-7,17H2,1H3,(H,28,30)/t25-/m0/s1. The molecule has 2 aromatic carbocycles. The quantitative estimate of drug-likeness (QED) is 0.500. The Balaban J connectivity index is 1.59. The Bertz CT molecular complexity index is 1170. The third-order valence-corrected chi connectivity index (χ3v) is 6.30. The summed E-state index contributed by atoms with van der Waals surface area (Å²) >= 11 is 0. The van der Waals surface area contributed by atoms with Gasteiger partial charge in [-0.1, -0.05) is 25.0 Å². The molecule has 2 amide bonds. The average molecular weight is 477 g/mol. The zero-order chi connectivity index (χ0) is 24.2. The maximum Gasteiger partial charge on any atom is 0.294 e. The van der Waals surface area contributed by atoms with Crippen LogP contribution in [0.1, 0.15) is 54.8 Å². The molecule has 0 saturated heterocycles. The number of benzene rings is 2. The minimum atomic E-state index is -0.941. The fourth-order valence-electron chi connectivity index (χ4n) is 4.62. The molecule has 1 atom stereocenters. The van der Waals surface area contributed by atoms with E-state index >= 15 is 0 Å². The molecule has 182 valence electrons. The molecule has 8 heteroatoms. The molecule has 5 rings (SSSR count). The van der Waals surface area contributed by atoms with Crippen LogP contribution in [0.3, 0.4) is 0 Å². The Hall–Kier alpha value is -3.94. The van der Waals surface area contributed by atoms with Crippen molar-refractivity contribution in [2.75, 3.05) is 18.3 Å². The highest BCUT2D eigenvalue weighted by Crippen LogP contribution is 2.39. The first-order valence-corrected chi connectivity index (χ1v) is 11.9. The predicted octanol–water partition coefficient (Wildman–Crippen LogP) is 4.85. The number of furan rings is 1. The highest BCUT2D eigenvalue weighted by Gasteiger charge is 2.36. The first-order chi connectivity index (χ1) is 17.1. The van der Waals surface area contributed by atoms with Crippen molar-refractivity contribution in [1.82, 2.24) is 5.32 Å². The summed E-state index contributed by atoms with van der Waals surface area (Å²) in [5.41, 5.74) is 1.15. The summed E-state index contributed by atoms with van der Waals surface area (Å²) in [5, 5.41) is 3.17. The van der Waals surface area contributed by atoms with Crippen molar-refractivity contribution in [3.63, 3.8) is 0 Å². The average Bonchev–Trinajstić information content (AvgIpc) is 3.65. The van der Waals surface area contributed by atoms with Gasteiger partial charge in [-0.15, -0.1) is 0 Å². The first-order valence-electron chi connectivity index (χ1n) is 11.9. The van der Waals surface area contributed by atoms with Crippen LogP contribution in [-0.4, -0.2) is 31.3 Å². The Labute approximate surface area is 203 Å². The molecule has 1 fully saturated rings. The summed E-state index contributed by atoms with van der Waals surface area (Å²) < 4.78 is 22.0. The van der Waals surface area contributed by atoms with Crippen molar-refractivity contribution in [3.05, 3.63) is 72.2 Å². The Morgan fingerprint density at radius 3 is 2.54 bits per heavy atom. The molecule has 1 N–H and O–H groups in total. The van der Waals surface area contributed by atoms with E-state index in [1.54, 1.807) is 30.3 Å². The molecule has 35 heavy (non-hydrogen) atoms. The van der Waals surface area contributed by atoms with Crippen molar-refractivity contribution < 1.29 is 28.2 Å². The number of hydrogen-bond donors (Lipinski definition) is 1. The lowest BCUT2D eigenvalue weighted by atomic mass is 10.0. The van der Waals surface area contributed by atoms with E-state index in [1.165, 1.54) is 11.2 Å². The highest BCUT2D eigenvalue weighted by atomic mass is 16.7. The van der Waals surface area contributed by atoms with Gasteiger partial charge in [0.25, 0.3) is 5.91 Å². The number of nitrogens with zero attached hydrogens (tertiary/aromatic N) is 1. The van der Waals surface area contributed by atoms with Crippen LogP contribution in [-0.2, 0) is 4.79 Å². The monoisotopic (exact) mass is 476 g/mol. The van der Waals surface area contributed by atoms with Crippen LogP contribution in [0.5, 0.6) is 17.2 Å². The van der Waals surface area contributed by atoms with Crippen molar-refractivity contribution in [1.29, 1.82) is 0 Å². The molecule has 1 aromatic heterocycles. The number of carbonyl (C=O) groups is 2. The first kappa shape index (κ1) is 22.8. The Morgan fingerprint density at radius 2 is 1.83 bits per heavy atom. The molecule has 1 aliphatic carbocycles. The van der Waals surface area contributed by atoms with Crippen LogP contribution in [0.25, 0.3) is 0 Å². The zero-order valence-corrected chi connectivity index (χ0v) is 19.6. The van der Waals surface area contributed by atoms with Crippen LogP contribution in [0.15, 0.2) is 65.3 Å². The summed E-state index contributed by atoms with van der Waals surface area (Å²) in [6.07, 6.45) is 5.46.